The van der Waals surface area contributed by atoms with Gasteiger partial charge in [0.2, 0.25) is 0 Å². The lowest BCUT2D eigenvalue weighted by Crippen LogP contribution is -2.03. The van der Waals surface area contributed by atoms with Crippen molar-refractivity contribution in [1.29, 1.82) is 0 Å². The van der Waals surface area contributed by atoms with Gasteiger partial charge in [0.15, 0.2) is 0 Å². The molecule has 2 aromatic heterocycles. The predicted molar refractivity (Wildman–Crippen MR) is 147 cm³/mol. The number of unbranched alkanes of at least 4 members (excludes halogenated alkanes) is 1. The Kier molecular flexibility index (Phi) is 5.16. The molecule has 0 spiro atoms. The molecule has 0 bridgehead atoms. The molecule has 0 amide bonds. The Balaban J connectivity index is 1.46. The number of fused-ring (bicyclic) bond motifs is 7. The van der Waals surface area contributed by atoms with E-state index in [1.807, 2.05) is 22.7 Å². The van der Waals surface area contributed by atoms with Crippen LogP contribution >= 0.6 is 22.7 Å². The summed E-state index contributed by atoms with van der Waals surface area (Å²) in [6, 6.07) is 25.5. The average Bonchev–Trinajstić information content (AvgIpc) is 3.34. The van der Waals surface area contributed by atoms with Gasteiger partial charge in [0.05, 0.1) is 9.40 Å². The lowest BCUT2D eigenvalue weighted by Gasteiger charge is -2.15. The fraction of sp³-hybridized carbons (Fsp3) is 0.267. The molecule has 0 saturated carbocycles. The van der Waals surface area contributed by atoms with Crippen LogP contribution in [-0.2, 0) is 6.42 Å². The van der Waals surface area contributed by atoms with Crippen LogP contribution in [0.5, 0.6) is 0 Å². The fourth-order valence-electron chi connectivity index (χ4n) is 5.14. The van der Waals surface area contributed by atoms with Gasteiger partial charge in [-0.2, -0.15) is 0 Å². The number of hydrogen-bond acceptors (Lipinski definition) is 2. The normalized spacial score (nSPS) is 13.2. The molecule has 2 heterocycles. The van der Waals surface area contributed by atoms with Crippen LogP contribution in [0.3, 0.4) is 0 Å². The van der Waals surface area contributed by atoms with Crippen molar-refractivity contribution in [2.45, 2.75) is 46.0 Å². The number of thiophene rings is 2. The maximum atomic E-state index is 2.45. The highest BCUT2D eigenvalue weighted by Gasteiger charge is 2.14. The van der Waals surface area contributed by atoms with E-state index in [0.29, 0.717) is 0 Å². The molecule has 1 unspecified atom stereocenters. The first-order chi connectivity index (χ1) is 15.7. The van der Waals surface area contributed by atoms with Crippen molar-refractivity contribution in [3.8, 4) is 0 Å². The highest BCUT2D eigenvalue weighted by Crippen LogP contribution is 2.46. The van der Waals surface area contributed by atoms with Gasteiger partial charge in [-0.3, -0.25) is 0 Å². The largest absolute Gasteiger partial charge is 0.134 e. The van der Waals surface area contributed by atoms with Gasteiger partial charge in [-0.15, -0.1) is 22.7 Å². The zero-order valence-electron chi connectivity index (χ0n) is 18.8. The summed E-state index contributed by atoms with van der Waals surface area (Å²) in [5.41, 5.74) is 1.50. The van der Waals surface area contributed by atoms with E-state index in [1.54, 1.807) is 0 Å². The third kappa shape index (κ3) is 3.41. The lowest BCUT2D eigenvalue weighted by molar-refractivity contribution is 0.449. The van der Waals surface area contributed by atoms with Crippen molar-refractivity contribution >= 4 is 73.8 Å². The first-order valence-corrected chi connectivity index (χ1v) is 13.6. The fourth-order valence-corrected chi connectivity index (χ4v) is 7.84. The molecule has 0 nitrogen and oxygen atoms in total. The number of benzene rings is 4. The van der Waals surface area contributed by atoms with Crippen molar-refractivity contribution in [3.63, 3.8) is 0 Å². The Morgan fingerprint density at radius 1 is 0.688 bits per heavy atom. The molecule has 32 heavy (non-hydrogen) atoms. The highest BCUT2D eigenvalue weighted by molar-refractivity contribution is 7.36. The molecule has 0 aliphatic rings. The molecule has 0 aliphatic carbocycles. The molecule has 0 fully saturated rings. The summed E-state index contributed by atoms with van der Waals surface area (Å²) < 4.78 is 5.72. The minimum absolute atomic E-state index is 0.810. The molecule has 4 aromatic carbocycles. The van der Waals surface area contributed by atoms with Crippen LogP contribution in [0.25, 0.3) is 51.1 Å². The smallest absolute Gasteiger partial charge is 0.0542 e. The molecule has 0 saturated heterocycles. The number of hydrogen-bond donors (Lipinski definition) is 0. The van der Waals surface area contributed by atoms with Crippen LogP contribution in [0.1, 0.15) is 45.1 Å². The molecule has 160 valence electrons. The van der Waals surface area contributed by atoms with Crippen molar-refractivity contribution in [2.24, 2.45) is 5.92 Å². The van der Waals surface area contributed by atoms with Gasteiger partial charge in [0, 0.05) is 20.2 Å². The Morgan fingerprint density at radius 3 is 1.97 bits per heavy atom. The molecular formula is C30H28S2. The standard InChI is InChI=1S/C30H28S2/c1-3-5-8-19(4-2)13-20-11-12-23-16-26-28(18-24(23)14-20)32-29-25-15-21-9-6-7-10-22(21)17-27(25)31-30(26)29/h6-7,9-12,14-19H,3-5,8,13H2,1-2H3. The maximum Gasteiger partial charge on any atom is 0.0542 e. The van der Waals surface area contributed by atoms with Gasteiger partial charge in [-0.1, -0.05) is 82.0 Å². The molecule has 2 heteroatoms. The highest BCUT2D eigenvalue weighted by atomic mass is 32.1. The average molecular weight is 453 g/mol. The molecule has 0 radical (unpaired) electrons. The first kappa shape index (κ1) is 20.2. The van der Waals surface area contributed by atoms with E-state index >= 15 is 0 Å². The van der Waals surface area contributed by atoms with E-state index in [9.17, 15) is 0 Å². The zero-order valence-corrected chi connectivity index (χ0v) is 20.4. The third-order valence-corrected chi connectivity index (χ3v) is 9.54. The van der Waals surface area contributed by atoms with Crippen LogP contribution in [0.2, 0.25) is 0 Å². The van der Waals surface area contributed by atoms with E-state index in [0.717, 1.165) is 5.92 Å². The third-order valence-electron chi connectivity index (χ3n) is 7.04. The molecule has 6 rings (SSSR count). The van der Waals surface area contributed by atoms with Crippen LogP contribution in [0.15, 0.2) is 66.7 Å². The van der Waals surface area contributed by atoms with Crippen molar-refractivity contribution < 1.29 is 0 Å². The quantitative estimate of drug-likeness (QED) is 0.236. The first-order valence-electron chi connectivity index (χ1n) is 11.9. The SMILES string of the molecule is CCCCC(CC)Cc1ccc2cc3c(cc2c1)sc1c2cc4ccccc4cc2sc31. The van der Waals surface area contributed by atoms with Gasteiger partial charge >= 0.3 is 0 Å². The number of rotatable bonds is 6. The van der Waals surface area contributed by atoms with Gasteiger partial charge in [-0.05, 0) is 63.7 Å². The second-order valence-corrected chi connectivity index (χ2v) is 11.3. The van der Waals surface area contributed by atoms with Crippen LogP contribution in [0, 0.1) is 5.92 Å². The van der Waals surface area contributed by atoms with Gasteiger partial charge in [0.25, 0.3) is 0 Å². The lowest BCUT2D eigenvalue weighted by atomic mass is 9.91. The van der Waals surface area contributed by atoms with Crippen molar-refractivity contribution in [2.75, 3.05) is 0 Å². The van der Waals surface area contributed by atoms with Crippen LogP contribution in [0.4, 0.5) is 0 Å². The van der Waals surface area contributed by atoms with Crippen molar-refractivity contribution in [1.82, 2.24) is 0 Å². The predicted octanol–water partition coefficient (Wildman–Crippen LogP) is 10.3. The Hall–Kier alpha value is -2.42. The summed E-state index contributed by atoms with van der Waals surface area (Å²) in [6.45, 7) is 4.64. The minimum atomic E-state index is 0.810. The van der Waals surface area contributed by atoms with Crippen LogP contribution in [-0.4, -0.2) is 0 Å². The summed E-state index contributed by atoms with van der Waals surface area (Å²) in [7, 11) is 0. The summed E-state index contributed by atoms with van der Waals surface area (Å²) in [5, 5.41) is 8.26. The Labute approximate surface area is 197 Å². The van der Waals surface area contributed by atoms with E-state index in [4.69, 9.17) is 0 Å². The molecule has 1 atom stereocenters. The topological polar surface area (TPSA) is 0 Å². The second-order valence-electron chi connectivity index (χ2n) is 9.21. The monoisotopic (exact) mass is 452 g/mol. The summed E-state index contributed by atoms with van der Waals surface area (Å²) >= 11 is 3.92. The zero-order chi connectivity index (χ0) is 21.7. The van der Waals surface area contributed by atoms with Crippen molar-refractivity contribution in [3.05, 3.63) is 72.3 Å². The van der Waals surface area contributed by atoms with Crippen LogP contribution < -0.4 is 0 Å². The van der Waals surface area contributed by atoms with E-state index in [-0.39, 0.29) is 0 Å². The van der Waals surface area contributed by atoms with E-state index < -0.39 is 0 Å². The molecular weight excluding hydrogens is 424 g/mol. The second kappa shape index (κ2) is 8.17. The molecule has 6 aromatic rings. The van der Waals surface area contributed by atoms with E-state index in [2.05, 4.69) is 80.6 Å². The minimum Gasteiger partial charge on any atom is -0.134 e. The molecule has 0 aliphatic heterocycles. The Morgan fingerprint density at radius 2 is 1.31 bits per heavy atom. The van der Waals surface area contributed by atoms with E-state index in [1.165, 1.54) is 88.8 Å². The van der Waals surface area contributed by atoms with Gasteiger partial charge < -0.3 is 0 Å². The van der Waals surface area contributed by atoms with Gasteiger partial charge in [0.1, 0.15) is 0 Å². The Bertz CT molecular complexity index is 1580. The maximum absolute atomic E-state index is 2.45. The van der Waals surface area contributed by atoms with Gasteiger partial charge in [-0.25, -0.2) is 0 Å². The summed E-state index contributed by atoms with van der Waals surface area (Å²) in [5.74, 6) is 0.810. The summed E-state index contributed by atoms with van der Waals surface area (Å²) in [6.07, 6.45) is 6.49. The molecule has 0 N–H and O–H groups in total. The summed E-state index contributed by atoms with van der Waals surface area (Å²) in [4.78, 5) is 0.